The van der Waals surface area contributed by atoms with E-state index in [2.05, 4.69) is 15.1 Å². The Balaban J connectivity index is 0.000000184. The van der Waals surface area contributed by atoms with Crippen LogP contribution in [-0.2, 0) is 0 Å². The van der Waals surface area contributed by atoms with Crippen LogP contribution in [0.15, 0.2) is 16.2 Å². The molecule has 0 bridgehead atoms. The highest BCUT2D eigenvalue weighted by Crippen LogP contribution is 2.17. The van der Waals surface area contributed by atoms with Crippen LogP contribution in [0.3, 0.4) is 0 Å². The molecule has 2 aromatic heterocycles. The fourth-order valence-corrected chi connectivity index (χ4v) is 2.41. The maximum Gasteiger partial charge on any atom is 0.183 e. The molecule has 2 rings (SSSR count). The Labute approximate surface area is 120 Å². The highest BCUT2D eigenvalue weighted by atomic mass is 35.5. The summed E-state index contributed by atoms with van der Waals surface area (Å²) in [5, 5.41) is 19.8. The second kappa shape index (κ2) is 7.13. The highest BCUT2D eigenvalue weighted by molar-refractivity contribution is 7.12. The van der Waals surface area contributed by atoms with E-state index in [0.717, 1.165) is 0 Å². The molecule has 0 unspecified atom stereocenters. The molecule has 2 heterocycles. The fraction of sp³-hybridized carbons (Fsp3) is 0. The monoisotopic (exact) mass is 321 g/mol. The number of aromatic nitrogens is 2. The lowest BCUT2D eigenvalue weighted by molar-refractivity contribution is 0.319. The van der Waals surface area contributed by atoms with Crippen molar-refractivity contribution in [3.05, 3.63) is 31.1 Å². The quantitative estimate of drug-likeness (QED) is 0.363. The van der Waals surface area contributed by atoms with Gasteiger partial charge in [0.1, 0.15) is 15.8 Å². The molecule has 0 atom stereocenters. The molecule has 2 aromatic rings. The Kier molecular flexibility index (Phi) is 5.80. The Bertz CT molecular complexity index is 588. The standard InChI is InChI=1S/C4H4ClN3OS.C4HClN2S/c5-3-2(4(6)8-9)10-1-7-3;5-4-3(1-6)8-2-7-4/h1,9H,(H2,6,8);2H. The van der Waals surface area contributed by atoms with Crippen molar-refractivity contribution in [3.8, 4) is 6.07 Å². The fourth-order valence-electron chi connectivity index (χ4n) is 0.749. The zero-order chi connectivity index (χ0) is 13.5. The summed E-state index contributed by atoms with van der Waals surface area (Å²) in [7, 11) is 0. The summed E-state index contributed by atoms with van der Waals surface area (Å²) in [6.07, 6.45) is 0. The summed E-state index contributed by atoms with van der Waals surface area (Å²) < 4.78 is 0. The lowest BCUT2D eigenvalue weighted by atomic mass is 10.5. The topological polar surface area (TPSA) is 108 Å². The van der Waals surface area contributed by atoms with Crippen molar-refractivity contribution in [1.29, 1.82) is 5.26 Å². The van der Waals surface area contributed by atoms with Gasteiger partial charge in [-0.15, -0.1) is 22.7 Å². The largest absolute Gasteiger partial charge is 0.409 e. The number of nitrogens with zero attached hydrogens (tertiary/aromatic N) is 4. The molecule has 0 amide bonds. The first-order valence-corrected chi connectivity index (χ1v) is 6.67. The van der Waals surface area contributed by atoms with Gasteiger partial charge in [-0.25, -0.2) is 9.97 Å². The number of halogens is 2. The summed E-state index contributed by atoms with van der Waals surface area (Å²) in [5.41, 5.74) is 8.29. The van der Waals surface area contributed by atoms with Gasteiger partial charge < -0.3 is 10.9 Å². The van der Waals surface area contributed by atoms with Gasteiger partial charge in [0.25, 0.3) is 0 Å². The molecule has 0 radical (unpaired) electrons. The first kappa shape index (κ1) is 14.7. The Morgan fingerprint density at radius 1 is 1.33 bits per heavy atom. The summed E-state index contributed by atoms with van der Waals surface area (Å²) in [4.78, 5) is 8.31. The summed E-state index contributed by atoms with van der Waals surface area (Å²) in [6.45, 7) is 0. The van der Waals surface area contributed by atoms with E-state index in [1.165, 1.54) is 28.2 Å². The van der Waals surface area contributed by atoms with Crippen molar-refractivity contribution in [1.82, 2.24) is 9.97 Å². The molecule has 0 aliphatic rings. The van der Waals surface area contributed by atoms with Gasteiger partial charge in [0.05, 0.1) is 11.0 Å². The molecule has 0 fully saturated rings. The minimum atomic E-state index is -0.00694. The molecule has 94 valence electrons. The zero-order valence-electron chi connectivity index (χ0n) is 8.54. The molecule has 0 aromatic carbocycles. The minimum absolute atomic E-state index is 0.00694. The lowest BCUT2D eigenvalue weighted by Crippen LogP contribution is -2.11. The van der Waals surface area contributed by atoms with Crippen molar-refractivity contribution < 1.29 is 5.21 Å². The van der Waals surface area contributed by atoms with Gasteiger partial charge in [-0.05, 0) is 0 Å². The second-order valence-electron chi connectivity index (χ2n) is 2.54. The van der Waals surface area contributed by atoms with Crippen molar-refractivity contribution in [2.24, 2.45) is 10.9 Å². The van der Waals surface area contributed by atoms with E-state index in [4.69, 9.17) is 39.4 Å². The van der Waals surface area contributed by atoms with Crippen LogP contribution in [0.5, 0.6) is 0 Å². The number of nitrogens with two attached hydrogens (primary N) is 1. The van der Waals surface area contributed by atoms with Crippen LogP contribution in [0.2, 0.25) is 10.3 Å². The molecule has 0 aliphatic carbocycles. The number of amidine groups is 1. The first-order chi connectivity index (χ1) is 8.60. The van der Waals surface area contributed by atoms with E-state index in [9.17, 15) is 0 Å². The van der Waals surface area contributed by atoms with Crippen molar-refractivity contribution in [2.75, 3.05) is 0 Å². The van der Waals surface area contributed by atoms with E-state index in [0.29, 0.717) is 14.9 Å². The molecular weight excluding hydrogens is 317 g/mol. The molecule has 0 saturated carbocycles. The van der Waals surface area contributed by atoms with Gasteiger partial charge in [-0.1, -0.05) is 28.4 Å². The van der Waals surface area contributed by atoms with Gasteiger partial charge in [0.15, 0.2) is 16.1 Å². The highest BCUT2D eigenvalue weighted by Gasteiger charge is 2.06. The molecule has 18 heavy (non-hydrogen) atoms. The molecule has 10 heteroatoms. The maximum atomic E-state index is 8.24. The number of hydrogen-bond donors (Lipinski definition) is 2. The van der Waals surface area contributed by atoms with Gasteiger partial charge in [0, 0.05) is 0 Å². The number of rotatable bonds is 1. The summed E-state index contributed by atoms with van der Waals surface area (Å²) in [5.74, 6) is -0.00694. The van der Waals surface area contributed by atoms with E-state index in [1.807, 2.05) is 6.07 Å². The van der Waals surface area contributed by atoms with Crippen LogP contribution in [0.4, 0.5) is 0 Å². The molecule has 6 nitrogen and oxygen atoms in total. The number of nitriles is 1. The van der Waals surface area contributed by atoms with Crippen LogP contribution < -0.4 is 5.73 Å². The van der Waals surface area contributed by atoms with Gasteiger partial charge in [-0.2, -0.15) is 5.26 Å². The zero-order valence-corrected chi connectivity index (χ0v) is 11.7. The number of hydrogen-bond acceptors (Lipinski definition) is 7. The second-order valence-corrected chi connectivity index (χ2v) is 4.97. The van der Waals surface area contributed by atoms with E-state index < -0.39 is 0 Å². The first-order valence-electron chi connectivity index (χ1n) is 4.16. The third-order valence-electron chi connectivity index (χ3n) is 1.49. The predicted octanol–water partition coefficient (Wildman–Crippen LogP) is 2.56. The average molecular weight is 322 g/mol. The van der Waals surface area contributed by atoms with Crippen LogP contribution in [0.25, 0.3) is 0 Å². The third kappa shape index (κ3) is 3.82. The van der Waals surface area contributed by atoms with E-state index >= 15 is 0 Å². The molecule has 3 N–H and O–H groups in total. The van der Waals surface area contributed by atoms with Crippen molar-refractivity contribution >= 4 is 51.7 Å². The van der Waals surface area contributed by atoms with Gasteiger partial charge in [0.2, 0.25) is 0 Å². The molecular formula is C8H5Cl2N5OS2. The van der Waals surface area contributed by atoms with E-state index in [1.54, 1.807) is 5.51 Å². The molecule has 0 saturated heterocycles. The SMILES string of the molecule is N#Cc1scnc1Cl.NC(=NO)c1scnc1Cl. The maximum absolute atomic E-state index is 8.24. The Morgan fingerprint density at radius 3 is 2.28 bits per heavy atom. The average Bonchev–Trinajstić information content (AvgIpc) is 2.97. The lowest BCUT2D eigenvalue weighted by Gasteiger charge is -1.89. The Morgan fingerprint density at radius 2 is 1.94 bits per heavy atom. The van der Waals surface area contributed by atoms with Crippen LogP contribution in [0, 0.1) is 11.3 Å². The van der Waals surface area contributed by atoms with Gasteiger partial charge >= 0.3 is 0 Å². The Hall–Kier alpha value is -1.40. The molecule has 0 spiro atoms. The number of oxime groups is 1. The van der Waals surface area contributed by atoms with Crippen molar-refractivity contribution in [3.63, 3.8) is 0 Å². The smallest absolute Gasteiger partial charge is 0.183 e. The van der Waals surface area contributed by atoms with Crippen molar-refractivity contribution in [2.45, 2.75) is 0 Å². The number of thiazole rings is 2. The summed E-state index contributed by atoms with van der Waals surface area (Å²) in [6, 6.07) is 1.90. The molecule has 0 aliphatic heterocycles. The summed E-state index contributed by atoms with van der Waals surface area (Å²) >= 11 is 13.4. The van der Waals surface area contributed by atoms with E-state index in [-0.39, 0.29) is 11.0 Å². The minimum Gasteiger partial charge on any atom is -0.409 e. The third-order valence-corrected chi connectivity index (χ3v) is 3.87. The predicted molar refractivity (Wildman–Crippen MR) is 71.5 cm³/mol. The van der Waals surface area contributed by atoms with Crippen LogP contribution in [0.1, 0.15) is 9.75 Å². The normalized spacial score (nSPS) is 10.4. The van der Waals surface area contributed by atoms with Crippen LogP contribution in [-0.4, -0.2) is 21.0 Å². The van der Waals surface area contributed by atoms with Crippen LogP contribution >= 0.6 is 45.9 Å². The van der Waals surface area contributed by atoms with Gasteiger partial charge in [-0.3, -0.25) is 0 Å².